The Balaban J connectivity index is 2.85. The van der Waals surface area contributed by atoms with Crippen molar-refractivity contribution in [3.05, 3.63) is 16.1 Å². The van der Waals surface area contributed by atoms with E-state index in [2.05, 4.69) is 11.1 Å². The van der Waals surface area contributed by atoms with Crippen LogP contribution in [0.4, 0.5) is 0 Å². The van der Waals surface area contributed by atoms with Gasteiger partial charge in [0.15, 0.2) is 0 Å². The highest BCUT2D eigenvalue weighted by Gasteiger charge is 1.97. The van der Waals surface area contributed by atoms with Crippen molar-refractivity contribution >= 4 is 24.6 Å². The Kier molecular flexibility index (Phi) is 3.02. The van der Waals surface area contributed by atoms with Gasteiger partial charge in [-0.25, -0.2) is 0 Å². The van der Waals surface area contributed by atoms with Crippen LogP contribution in [-0.2, 0) is 0 Å². The van der Waals surface area contributed by atoms with Crippen molar-refractivity contribution in [2.24, 2.45) is 0 Å². The summed E-state index contributed by atoms with van der Waals surface area (Å²) < 4.78 is 0. The molecule has 0 aliphatic heterocycles. The summed E-state index contributed by atoms with van der Waals surface area (Å²) in [4.78, 5) is 0. The molecule has 48 valence electrons. The fourth-order valence-electron chi connectivity index (χ4n) is 0.464. The first-order valence-electron chi connectivity index (χ1n) is 2.60. The molecule has 1 atom stereocenters. The minimum Gasteiger partial charge on any atom is -0.388 e. The first-order chi connectivity index (χ1) is 4.30. The molecule has 0 saturated carbocycles. The number of hydrogen-bond donors (Lipinski definition) is 1. The van der Waals surface area contributed by atoms with Gasteiger partial charge >= 0.3 is 0 Å². The van der Waals surface area contributed by atoms with Gasteiger partial charge in [-0.1, -0.05) is 24.6 Å². The number of aliphatic hydroxyl groups is 1. The summed E-state index contributed by atoms with van der Waals surface area (Å²) in [5.74, 6) is 0. The van der Waals surface area contributed by atoms with E-state index in [1.54, 1.807) is 0 Å². The summed E-state index contributed by atoms with van der Waals surface area (Å²) >= 11 is 0. The molecule has 1 heterocycles. The summed E-state index contributed by atoms with van der Waals surface area (Å²) in [6.07, 6.45) is -0.240. The molecule has 0 radical (unpaired) electrons. The van der Waals surface area contributed by atoms with Gasteiger partial charge in [0.1, 0.15) is 0 Å². The van der Waals surface area contributed by atoms with Crippen molar-refractivity contribution in [2.45, 2.75) is 13.0 Å². The lowest BCUT2D eigenvalue weighted by Gasteiger charge is -1.98. The molecule has 9 heavy (non-hydrogen) atoms. The fourth-order valence-corrected chi connectivity index (χ4v) is 4.35. The molecule has 0 fully saturated rings. The second-order valence-corrected chi connectivity index (χ2v) is 5.65. The Labute approximate surface area is 59.4 Å². The second-order valence-electron chi connectivity index (χ2n) is 1.67. The van der Waals surface area contributed by atoms with E-state index in [4.69, 9.17) is 5.11 Å². The van der Waals surface area contributed by atoms with Crippen molar-refractivity contribution < 1.29 is 5.11 Å². The maximum atomic E-state index is 9.08. The summed E-state index contributed by atoms with van der Waals surface area (Å²) in [7, 11) is 3.71. The van der Waals surface area contributed by atoms with Crippen LogP contribution < -0.4 is 0 Å². The predicted molar refractivity (Wildman–Crippen MR) is 44.6 cm³/mol. The van der Waals surface area contributed by atoms with E-state index in [0.717, 1.165) is 0 Å². The van der Waals surface area contributed by atoms with Crippen molar-refractivity contribution in [1.29, 1.82) is 0 Å². The van der Waals surface area contributed by atoms with Gasteiger partial charge in [-0.15, -0.1) is 0 Å². The zero-order chi connectivity index (χ0) is 6.69. The van der Waals surface area contributed by atoms with E-state index in [0.29, 0.717) is 0 Å². The van der Waals surface area contributed by atoms with Crippen LogP contribution in [0.2, 0.25) is 0 Å². The normalized spacial score (nSPS) is 15.8. The zero-order valence-corrected chi connectivity index (χ0v) is 7.70. The number of hydrogen-bond acceptors (Lipinski definition) is 1. The minimum atomic E-state index is -0.240. The fraction of sp³-hybridized carbons (Fsp3) is 0.400. The van der Waals surface area contributed by atoms with Crippen LogP contribution in [0.25, 0.3) is 0 Å². The van der Waals surface area contributed by atoms with Gasteiger partial charge < -0.3 is 5.11 Å². The van der Waals surface area contributed by atoms with E-state index in [-0.39, 0.29) is 6.10 Å². The lowest BCUT2D eigenvalue weighted by Crippen LogP contribution is -1.80. The Morgan fingerprint density at radius 3 is 2.33 bits per heavy atom. The topological polar surface area (TPSA) is 20.2 Å². The third-order valence-electron chi connectivity index (χ3n) is 0.887. The molecule has 0 spiro atoms. The largest absolute Gasteiger partial charge is 0.388 e. The van der Waals surface area contributed by atoms with E-state index in [9.17, 15) is 0 Å². The van der Waals surface area contributed by atoms with Gasteiger partial charge in [0.2, 0.25) is 0 Å². The molecule has 1 aromatic rings. The third-order valence-corrected chi connectivity index (χ3v) is 4.85. The molecule has 1 unspecified atom stereocenters. The smallest absolute Gasteiger partial charge is 0.0847 e. The summed E-state index contributed by atoms with van der Waals surface area (Å²) in [5.41, 5.74) is 4.27. The van der Waals surface area contributed by atoms with E-state index >= 15 is 0 Å². The van der Waals surface area contributed by atoms with Gasteiger partial charge in [-0.2, -0.15) is 0 Å². The van der Waals surface area contributed by atoms with Gasteiger partial charge in [0.05, 0.1) is 6.10 Å². The molecule has 0 bridgehead atoms. The van der Waals surface area contributed by atoms with Gasteiger partial charge in [-0.3, -0.25) is 0 Å². The lowest BCUT2D eigenvalue weighted by molar-refractivity contribution is 0.206. The first kappa shape index (κ1) is 7.58. The molecule has 1 aromatic heterocycles. The highest BCUT2D eigenvalue weighted by molar-refractivity contribution is 7.58. The molecule has 0 aliphatic rings. The monoisotopic (exact) mass is 176 g/mol. The molecule has 4 heteroatoms. The van der Waals surface area contributed by atoms with E-state index < -0.39 is 0 Å². The van der Waals surface area contributed by atoms with Crippen LogP contribution in [0, 0.1) is 0 Å². The lowest BCUT2D eigenvalue weighted by atomic mass is 10.5. The van der Waals surface area contributed by atoms with Crippen LogP contribution in [0.5, 0.6) is 0 Å². The maximum absolute atomic E-state index is 9.08. The summed E-state index contributed by atoms with van der Waals surface area (Å²) in [6, 6.07) is 0. The average molecular weight is 176 g/mol. The third kappa shape index (κ3) is 2.28. The van der Waals surface area contributed by atoms with Gasteiger partial charge in [-0.05, 0) is 18.0 Å². The quantitative estimate of drug-likeness (QED) is 0.694. The Morgan fingerprint density at radius 1 is 1.44 bits per heavy atom. The zero-order valence-electron chi connectivity index (χ0n) is 5.02. The van der Waals surface area contributed by atoms with Crippen molar-refractivity contribution in [3.8, 4) is 0 Å². The summed E-state index contributed by atoms with van der Waals surface area (Å²) in [6.45, 7) is 1.82. The van der Waals surface area contributed by atoms with Gasteiger partial charge in [0, 0.05) is 5.03 Å². The molecule has 1 N–H and O–H groups in total. The summed E-state index contributed by atoms with van der Waals surface area (Å²) in [5, 5.41) is 10.3. The molecule has 0 aromatic carbocycles. The molecular weight excluding hydrogens is 169 g/mol. The Morgan fingerprint density at radius 2 is 2.00 bits per heavy atom. The number of aliphatic hydroxyl groups excluding tert-OH is 1. The molecule has 0 saturated heterocycles. The molecule has 0 aliphatic carbocycles. The van der Waals surface area contributed by atoms with Crippen molar-refractivity contribution in [2.75, 3.05) is 0 Å². The van der Waals surface area contributed by atoms with Crippen LogP contribution in [-0.4, -0.2) is 5.11 Å². The van der Waals surface area contributed by atoms with E-state index in [1.807, 2.05) is 6.92 Å². The predicted octanol–water partition coefficient (Wildman–Crippen LogP) is 3.48. The van der Waals surface area contributed by atoms with Crippen LogP contribution in [0.1, 0.15) is 18.1 Å². The maximum Gasteiger partial charge on any atom is 0.0847 e. The minimum absolute atomic E-state index is 0.240. The Hall–Kier alpha value is 0.470. The standard InChI is InChI=1S/C5H7OP3/c1-4(6)5-8-2-7-3-9-5/h2-4,6H,1H3. The van der Waals surface area contributed by atoms with Crippen molar-refractivity contribution in [1.82, 2.24) is 0 Å². The SMILES string of the molecule is CC(O)c1pcpcp1. The molecule has 1 nitrogen and oxygen atoms in total. The second kappa shape index (κ2) is 3.59. The highest BCUT2D eigenvalue weighted by Crippen LogP contribution is 2.32. The van der Waals surface area contributed by atoms with Crippen molar-refractivity contribution in [3.63, 3.8) is 0 Å². The number of rotatable bonds is 1. The molecule has 1 rings (SSSR count). The van der Waals surface area contributed by atoms with Crippen LogP contribution in [0.15, 0.2) is 11.1 Å². The Bertz CT molecular complexity index is 175. The molecule has 0 amide bonds. The van der Waals surface area contributed by atoms with Crippen LogP contribution >= 0.6 is 24.6 Å². The average Bonchev–Trinajstić information content (AvgIpc) is 1.90. The molecular formula is C5H7OP3. The van der Waals surface area contributed by atoms with Crippen LogP contribution in [0.3, 0.4) is 0 Å². The highest BCUT2D eigenvalue weighted by atomic mass is 31.1. The van der Waals surface area contributed by atoms with Gasteiger partial charge in [0.25, 0.3) is 0 Å². The van der Waals surface area contributed by atoms with E-state index in [1.165, 1.54) is 29.6 Å². The first-order valence-corrected chi connectivity index (χ1v) is 5.56.